The Kier molecular flexibility index (Phi) is 6.64. The molecular formula is C27H22N2O7. The van der Waals surface area contributed by atoms with Crippen LogP contribution in [0.25, 0.3) is 5.76 Å². The molecule has 3 aromatic carbocycles. The van der Waals surface area contributed by atoms with Gasteiger partial charge in [-0.05, 0) is 61.4 Å². The van der Waals surface area contributed by atoms with Gasteiger partial charge in [-0.2, -0.15) is 0 Å². The molecule has 9 nitrogen and oxygen atoms in total. The molecule has 9 heteroatoms. The summed E-state index contributed by atoms with van der Waals surface area (Å²) in [7, 11) is 0. The van der Waals surface area contributed by atoms with Crippen molar-refractivity contribution < 1.29 is 29.2 Å². The number of hydrogen-bond acceptors (Lipinski definition) is 7. The molecule has 0 saturated carbocycles. The molecule has 1 N–H and O–H groups in total. The minimum atomic E-state index is -0.963. The van der Waals surface area contributed by atoms with E-state index in [-0.39, 0.29) is 29.0 Å². The van der Waals surface area contributed by atoms with Crippen LogP contribution >= 0.6 is 0 Å². The minimum absolute atomic E-state index is 0.141. The highest BCUT2D eigenvalue weighted by Gasteiger charge is 2.47. The second kappa shape index (κ2) is 9.83. The number of hydrogen-bond donors (Lipinski definition) is 1. The van der Waals surface area contributed by atoms with Gasteiger partial charge >= 0.3 is 5.97 Å². The van der Waals surface area contributed by atoms with Gasteiger partial charge in [-0.3, -0.25) is 24.6 Å². The number of nitrogens with zero attached hydrogens (tertiary/aromatic N) is 2. The number of ketones is 1. The van der Waals surface area contributed by atoms with Crippen molar-refractivity contribution in [2.45, 2.75) is 19.9 Å². The molecular weight excluding hydrogens is 464 g/mol. The number of aliphatic hydroxyl groups excluding tert-OH is 1. The lowest BCUT2D eigenvalue weighted by Crippen LogP contribution is -2.29. The molecule has 1 atom stereocenters. The maximum absolute atomic E-state index is 13.3. The zero-order valence-corrected chi connectivity index (χ0v) is 19.5. The molecule has 36 heavy (non-hydrogen) atoms. The summed E-state index contributed by atoms with van der Waals surface area (Å²) in [5.41, 5.74) is 1.88. The fraction of sp³-hybridized carbons (Fsp3) is 0.148. The number of carbonyl (C=O) groups is 3. The number of anilines is 1. The Labute approximate surface area is 206 Å². The van der Waals surface area contributed by atoms with E-state index in [1.165, 1.54) is 53.4 Å². The molecule has 3 aromatic rings. The molecule has 0 bridgehead atoms. The number of nitro groups is 1. The number of esters is 1. The zero-order valence-electron chi connectivity index (χ0n) is 19.5. The third-order valence-corrected chi connectivity index (χ3v) is 5.94. The Balaban J connectivity index is 1.87. The fourth-order valence-electron chi connectivity index (χ4n) is 4.16. The van der Waals surface area contributed by atoms with E-state index in [2.05, 4.69) is 0 Å². The van der Waals surface area contributed by atoms with Crippen LogP contribution in [0.2, 0.25) is 0 Å². The first kappa shape index (κ1) is 24.3. The summed E-state index contributed by atoms with van der Waals surface area (Å²) < 4.78 is 5.00. The first-order valence-corrected chi connectivity index (χ1v) is 11.1. The second-order valence-corrected chi connectivity index (χ2v) is 8.10. The molecule has 1 saturated heterocycles. The van der Waals surface area contributed by atoms with Crippen LogP contribution < -0.4 is 4.90 Å². The normalized spacial score (nSPS) is 16.7. The summed E-state index contributed by atoms with van der Waals surface area (Å²) in [4.78, 5) is 50.3. The predicted molar refractivity (Wildman–Crippen MR) is 131 cm³/mol. The molecule has 0 aromatic heterocycles. The van der Waals surface area contributed by atoms with Crippen molar-refractivity contribution in [3.8, 4) is 0 Å². The topological polar surface area (TPSA) is 127 Å². The van der Waals surface area contributed by atoms with Gasteiger partial charge in [0.15, 0.2) is 0 Å². The summed E-state index contributed by atoms with van der Waals surface area (Å²) in [6.45, 7) is 3.73. The molecule has 0 radical (unpaired) electrons. The largest absolute Gasteiger partial charge is 0.507 e. The quantitative estimate of drug-likeness (QED) is 0.134. The van der Waals surface area contributed by atoms with Crippen LogP contribution in [0.1, 0.15) is 40.0 Å². The molecule has 1 aliphatic heterocycles. The predicted octanol–water partition coefficient (Wildman–Crippen LogP) is 4.71. The first-order chi connectivity index (χ1) is 17.2. The van der Waals surface area contributed by atoms with Gasteiger partial charge in [0.05, 0.1) is 28.7 Å². The Morgan fingerprint density at radius 2 is 1.61 bits per heavy atom. The number of carbonyl (C=O) groups excluding carboxylic acids is 3. The SMILES string of the molecule is CCOC(=O)c1ccc(N2C(=O)C(=O)/C(=C(/O)c3ccc([N+](=O)[O-])cc3)C2c2ccccc2C)cc1. The minimum Gasteiger partial charge on any atom is -0.507 e. The number of nitro benzene ring substituents is 1. The van der Waals surface area contributed by atoms with Crippen LogP contribution in [0.3, 0.4) is 0 Å². The van der Waals surface area contributed by atoms with Crippen molar-refractivity contribution in [1.29, 1.82) is 0 Å². The van der Waals surface area contributed by atoms with Gasteiger partial charge in [-0.1, -0.05) is 24.3 Å². The number of aryl methyl sites for hydroxylation is 1. The highest BCUT2D eigenvalue weighted by molar-refractivity contribution is 6.51. The standard InChI is InChI=1S/C27H22N2O7/c1-3-36-27(33)18-10-12-19(13-11-18)28-23(21-7-5-4-6-16(21)2)22(25(31)26(28)32)24(30)17-8-14-20(15-9-17)29(34)35/h4-15,23,30H,3H2,1-2H3/b24-22+. The average molecular weight is 486 g/mol. The van der Waals surface area contributed by atoms with Crippen LogP contribution in [0, 0.1) is 17.0 Å². The summed E-state index contributed by atoms with van der Waals surface area (Å²) in [5, 5.41) is 22.2. The lowest BCUT2D eigenvalue weighted by molar-refractivity contribution is -0.384. The highest BCUT2D eigenvalue weighted by atomic mass is 16.6. The Morgan fingerprint density at radius 3 is 2.19 bits per heavy atom. The Hall–Kier alpha value is -4.79. The summed E-state index contributed by atoms with van der Waals surface area (Å²) >= 11 is 0. The monoisotopic (exact) mass is 486 g/mol. The highest BCUT2D eigenvalue weighted by Crippen LogP contribution is 2.43. The molecule has 182 valence electrons. The van der Waals surface area contributed by atoms with Crippen LogP contribution in [-0.4, -0.2) is 34.3 Å². The first-order valence-electron chi connectivity index (χ1n) is 11.1. The molecule has 1 amide bonds. The summed E-state index contributed by atoms with van der Waals surface area (Å²) in [6, 6.07) is 17.3. The maximum atomic E-state index is 13.3. The van der Waals surface area contributed by atoms with E-state index in [4.69, 9.17) is 4.74 Å². The van der Waals surface area contributed by atoms with Gasteiger partial charge < -0.3 is 9.84 Å². The molecule has 0 aliphatic carbocycles. The van der Waals surface area contributed by atoms with E-state index in [0.717, 1.165) is 5.56 Å². The van der Waals surface area contributed by atoms with Crippen LogP contribution in [0.15, 0.2) is 78.4 Å². The number of benzene rings is 3. The van der Waals surface area contributed by atoms with E-state index in [9.17, 15) is 29.6 Å². The van der Waals surface area contributed by atoms with Gasteiger partial charge in [0.2, 0.25) is 0 Å². The lowest BCUT2D eigenvalue weighted by Gasteiger charge is -2.26. The van der Waals surface area contributed by atoms with Crippen molar-refractivity contribution in [3.63, 3.8) is 0 Å². The third kappa shape index (κ3) is 4.34. The van der Waals surface area contributed by atoms with E-state index in [1.54, 1.807) is 19.1 Å². The van der Waals surface area contributed by atoms with E-state index < -0.39 is 34.4 Å². The van der Waals surface area contributed by atoms with E-state index in [0.29, 0.717) is 11.3 Å². The lowest BCUT2D eigenvalue weighted by atomic mass is 9.92. The van der Waals surface area contributed by atoms with Crippen molar-refractivity contribution in [1.82, 2.24) is 0 Å². The van der Waals surface area contributed by atoms with Gasteiger partial charge in [-0.25, -0.2) is 4.79 Å². The Bertz CT molecular complexity index is 1390. The van der Waals surface area contributed by atoms with E-state index in [1.807, 2.05) is 19.1 Å². The number of Topliss-reactive ketones (excluding diaryl/α,β-unsaturated/α-hetero) is 1. The molecule has 1 heterocycles. The summed E-state index contributed by atoms with van der Waals surface area (Å²) in [6.07, 6.45) is 0. The van der Waals surface area contributed by atoms with E-state index >= 15 is 0 Å². The number of amides is 1. The van der Waals surface area contributed by atoms with Gasteiger partial charge in [-0.15, -0.1) is 0 Å². The molecule has 1 unspecified atom stereocenters. The van der Waals surface area contributed by atoms with Crippen LogP contribution in [0.4, 0.5) is 11.4 Å². The van der Waals surface area contributed by atoms with Crippen molar-refractivity contribution in [2.75, 3.05) is 11.5 Å². The number of non-ortho nitro benzene ring substituents is 1. The molecule has 0 spiro atoms. The number of aliphatic hydroxyl groups is 1. The fourth-order valence-corrected chi connectivity index (χ4v) is 4.16. The average Bonchev–Trinajstić information content (AvgIpc) is 3.14. The van der Waals surface area contributed by atoms with Crippen LogP contribution in [0.5, 0.6) is 0 Å². The third-order valence-electron chi connectivity index (χ3n) is 5.94. The van der Waals surface area contributed by atoms with Crippen molar-refractivity contribution >= 4 is 34.8 Å². The van der Waals surface area contributed by atoms with Gasteiger partial charge in [0, 0.05) is 23.4 Å². The van der Waals surface area contributed by atoms with Crippen molar-refractivity contribution in [2.24, 2.45) is 0 Å². The smallest absolute Gasteiger partial charge is 0.338 e. The second-order valence-electron chi connectivity index (χ2n) is 8.10. The van der Waals surface area contributed by atoms with Gasteiger partial charge in [0.25, 0.3) is 17.4 Å². The van der Waals surface area contributed by atoms with Crippen LogP contribution in [-0.2, 0) is 14.3 Å². The van der Waals surface area contributed by atoms with Gasteiger partial charge in [0.1, 0.15) is 5.76 Å². The summed E-state index contributed by atoms with van der Waals surface area (Å²) in [5.74, 6) is -2.70. The maximum Gasteiger partial charge on any atom is 0.338 e. The Morgan fingerprint density at radius 1 is 1.00 bits per heavy atom. The number of ether oxygens (including phenoxy) is 1. The molecule has 1 aliphatic rings. The molecule has 4 rings (SSSR count). The molecule has 1 fully saturated rings. The van der Waals surface area contributed by atoms with Crippen molar-refractivity contribution in [3.05, 3.63) is 111 Å². The zero-order chi connectivity index (χ0) is 26.0. The number of rotatable bonds is 6.